The van der Waals surface area contributed by atoms with Crippen molar-refractivity contribution in [3.63, 3.8) is 0 Å². The predicted molar refractivity (Wildman–Crippen MR) is 55.6 cm³/mol. The van der Waals surface area contributed by atoms with Gasteiger partial charge in [0.25, 0.3) is 0 Å². The lowest BCUT2D eigenvalue weighted by molar-refractivity contribution is 0.318. The second-order valence-electron chi connectivity index (χ2n) is 3.01. The van der Waals surface area contributed by atoms with Crippen LogP contribution in [0, 0.1) is 0 Å². The van der Waals surface area contributed by atoms with E-state index in [-0.39, 0.29) is 23.6 Å². The van der Waals surface area contributed by atoms with Crippen molar-refractivity contribution in [2.75, 3.05) is 0 Å². The maximum absolute atomic E-state index is 8.51. The fourth-order valence-electron chi connectivity index (χ4n) is 1.03. The molecular weight excluding hydrogens is 226 g/mol. The Morgan fingerprint density at radius 1 is 1.47 bits per heavy atom. The molecule has 2 heterocycles. The first-order valence-electron chi connectivity index (χ1n) is 4.53. The maximum atomic E-state index is 8.51. The number of nitrogens with two attached hydrogens (primary N) is 1. The van der Waals surface area contributed by atoms with Gasteiger partial charge in [-0.3, -0.25) is 4.68 Å². The molecule has 0 aliphatic heterocycles. The zero-order valence-electron chi connectivity index (χ0n) is 8.85. The van der Waals surface area contributed by atoms with Crippen molar-refractivity contribution in [3.8, 4) is 12.0 Å². The highest BCUT2D eigenvalue weighted by atomic mass is 16.5. The summed E-state index contributed by atoms with van der Waals surface area (Å²) in [6.07, 6.45) is 2.89. The molecule has 0 aliphatic rings. The second kappa shape index (κ2) is 4.43. The molecule has 0 unspecified atom stereocenters. The van der Waals surface area contributed by atoms with Crippen LogP contribution in [-0.2, 0) is 7.05 Å². The van der Waals surface area contributed by atoms with Gasteiger partial charge in [-0.2, -0.15) is 9.97 Å². The molecule has 0 saturated carbocycles. The van der Waals surface area contributed by atoms with Gasteiger partial charge in [-0.1, -0.05) is 5.16 Å². The number of hydrogen-bond donors (Lipinski definition) is 2. The Morgan fingerprint density at radius 2 is 2.29 bits per heavy atom. The van der Waals surface area contributed by atoms with Gasteiger partial charge in [0.15, 0.2) is 5.84 Å². The molecule has 17 heavy (non-hydrogen) atoms. The minimum Gasteiger partial charge on any atom is -0.409 e. The van der Waals surface area contributed by atoms with Crippen molar-refractivity contribution in [1.82, 2.24) is 24.7 Å². The summed E-state index contributed by atoms with van der Waals surface area (Å²) in [4.78, 5) is 11.6. The third-order valence-electron chi connectivity index (χ3n) is 1.76. The van der Waals surface area contributed by atoms with Crippen LogP contribution in [0.3, 0.4) is 0 Å². The van der Waals surface area contributed by atoms with Gasteiger partial charge in [0.1, 0.15) is 12.0 Å². The van der Waals surface area contributed by atoms with E-state index in [1.807, 2.05) is 0 Å². The van der Waals surface area contributed by atoms with Crippen molar-refractivity contribution >= 4 is 5.84 Å². The number of ether oxygens (including phenoxy) is 1. The average molecular weight is 235 g/mol. The lowest BCUT2D eigenvalue weighted by Crippen LogP contribution is -2.15. The summed E-state index contributed by atoms with van der Waals surface area (Å²) in [5.74, 6) is -0.133. The molecular formula is C8H9N7O2. The summed E-state index contributed by atoms with van der Waals surface area (Å²) >= 11 is 0. The Morgan fingerprint density at radius 3 is 2.94 bits per heavy atom. The van der Waals surface area contributed by atoms with E-state index in [1.54, 1.807) is 7.05 Å². The molecule has 0 saturated heterocycles. The van der Waals surface area contributed by atoms with Gasteiger partial charge in [-0.25, -0.2) is 4.98 Å². The van der Waals surface area contributed by atoms with E-state index in [2.05, 4.69) is 25.2 Å². The molecule has 0 aliphatic carbocycles. The highest BCUT2D eigenvalue weighted by molar-refractivity contribution is 5.95. The fraction of sp³-hybridized carbons (Fsp3) is 0.125. The van der Waals surface area contributed by atoms with Crippen LogP contribution >= 0.6 is 0 Å². The first-order valence-corrected chi connectivity index (χ1v) is 4.53. The van der Waals surface area contributed by atoms with Gasteiger partial charge >= 0.3 is 12.0 Å². The Labute approximate surface area is 95.6 Å². The molecule has 0 fully saturated rings. The largest absolute Gasteiger partial charge is 0.409 e. The van der Waals surface area contributed by atoms with Crippen molar-refractivity contribution < 1.29 is 9.94 Å². The number of aromatic nitrogens is 5. The van der Waals surface area contributed by atoms with Gasteiger partial charge < -0.3 is 15.7 Å². The maximum Gasteiger partial charge on any atom is 0.343 e. The molecule has 2 aromatic rings. The zero-order chi connectivity index (χ0) is 12.3. The van der Waals surface area contributed by atoms with Crippen LogP contribution in [0.15, 0.2) is 23.7 Å². The molecule has 9 nitrogen and oxygen atoms in total. The average Bonchev–Trinajstić information content (AvgIpc) is 2.74. The molecule has 2 rings (SSSR count). The minimum atomic E-state index is -0.133. The van der Waals surface area contributed by atoms with E-state index in [4.69, 9.17) is 15.7 Å². The third-order valence-corrected chi connectivity index (χ3v) is 1.76. The lowest BCUT2D eigenvalue weighted by atomic mass is 10.4. The number of oxime groups is 1. The zero-order valence-corrected chi connectivity index (χ0v) is 8.85. The van der Waals surface area contributed by atoms with Crippen LogP contribution in [0.25, 0.3) is 0 Å². The van der Waals surface area contributed by atoms with E-state index < -0.39 is 0 Å². The number of nitrogens with zero attached hydrogens (tertiary/aromatic N) is 6. The molecule has 9 heteroatoms. The van der Waals surface area contributed by atoms with E-state index in [0.717, 1.165) is 0 Å². The van der Waals surface area contributed by atoms with Gasteiger partial charge in [0.2, 0.25) is 0 Å². The molecule has 88 valence electrons. The highest BCUT2D eigenvalue weighted by Crippen LogP contribution is 2.11. The van der Waals surface area contributed by atoms with E-state index in [0.29, 0.717) is 0 Å². The van der Waals surface area contributed by atoms with Crippen molar-refractivity contribution in [2.45, 2.75) is 0 Å². The SMILES string of the molecule is Cn1cnc(Oc2nccc(/C(N)=N/O)n2)n1. The van der Waals surface area contributed by atoms with Crippen LogP contribution in [-0.4, -0.2) is 35.8 Å². The van der Waals surface area contributed by atoms with Crippen LogP contribution in [0.4, 0.5) is 0 Å². The lowest BCUT2D eigenvalue weighted by Gasteiger charge is -2.00. The Balaban J connectivity index is 2.22. The quantitative estimate of drug-likeness (QED) is 0.317. The molecule has 0 spiro atoms. The van der Waals surface area contributed by atoms with E-state index in [1.165, 1.54) is 23.3 Å². The minimum absolute atomic E-state index is 0.0142. The molecule has 0 amide bonds. The molecule has 2 aromatic heterocycles. The summed E-state index contributed by atoms with van der Waals surface area (Å²) in [5, 5.41) is 15.2. The monoisotopic (exact) mass is 235 g/mol. The molecule has 0 radical (unpaired) electrons. The second-order valence-corrected chi connectivity index (χ2v) is 3.01. The van der Waals surface area contributed by atoms with Crippen molar-refractivity contribution in [2.24, 2.45) is 17.9 Å². The fourth-order valence-corrected chi connectivity index (χ4v) is 1.03. The molecule has 0 aromatic carbocycles. The molecule has 0 bridgehead atoms. The molecule has 0 atom stereocenters. The Kier molecular flexibility index (Phi) is 2.81. The van der Waals surface area contributed by atoms with Crippen LogP contribution in [0.1, 0.15) is 5.69 Å². The number of rotatable bonds is 3. The summed E-state index contributed by atoms with van der Waals surface area (Å²) in [6.45, 7) is 0. The predicted octanol–water partition coefficient (Wildman–Crippen LogP) is -0.508. The van der Waals surface area contributed by atoms with Crippen LogP contribution in [0.2, 0.25) is 0 Å². The van der Waals surface area contributed by atoms with Gasteiger partial charge in [0, 0.05) is 13.2 Å². The normalized spacial score (nSPS) is 11.5. The summed E-state index contributed by atoms with van der Waals surface area (Å²) in [6, 6.07) is 1.61. The van der Waals surface area contributed by atoms with Gasteiger partial charge in [0.05, 0.1) is 0 Å². The summed E-state index contributed by atoms with van der Waals surface area (Å²) in [5.41, 5.74) is 5.62. The topological polar surface area (TPSA) is 124 Å². The smallest absolute Gasteiger partial charge is 0.343 e. The van der Waals surface area contributed by atoms with E-state index >= 15 is 0 Å². The van der Waals surface area contributed by atoms with Crippen LogP contribution < -0.4 is 10.5 Å². The van der Waals surface area contributed by atoms with E-state index in [9.17, 15) is 0 Å². The number of hydrogen-bond acceptors (Lipinski definition) is 7. The third kappa shape index (κ3) is 2.45. The van der Waals surface area contributed by atoms with Crippen molar-refractivity contribution in [3.05, 3.63) is 24.3 Å². The summed E-state index contributed by atoms with van der Waals surface area (Å²) < 4.78 is 6.65. The Bertz CT molecular complexity index is 550. The van der Waals surface area contributed by atoms with Crippen LogP contribution in [0.5, 0.6) is 12.0 Å². The first kappa shape index (κ1) is 10.8. The standard InChI is InChI=1S/C8H9N7O2/c1-15-4-11-8(13-15)17-7-10-3-2-5(12-7)6(9)14-16/h2-4,16H,1H3,(H2,9,14). The number of amidine groups is 1. The first-order chi connectivity index (χ1) is 8.19. The summed E-state index contributed by atoms with van der Waals surface area (Å²) in [7, 11) is 1.70. The van der Waals surface area contributed by atoms with Gasteiger partial charge in [-0.05, 0) is 6.07 Å². The van der Waals surface area contributed by atoms with Gasteiger partial charge in [-0.15, -0.1) is 5.10 Å². The highest BCUT2D eigenvalue weighted by Gasteiger charge is 2.07. The molecule has 3 N–H and O–H groups in total. The van der Waals surface area contributed by atoms with Crippen molar-refractivity contribution in [1.29, 1.82) is 0 Å². The Hall–Kier alpha value is -2.71. The number of aryl methyl sites for hydroxylation is 1.